The third-order valence-electron chi connectivity index (χ3n) is 2.61. The fraction of sp³-hybridized carbons (Fsp3) is 0.133. The lowest BCUT2D eigenvalue weighted by molar-refractivity contribution is 0.101. The van der Waals surface area contributed by atoms with Gasteiger partial charge in [-0.15, -0.1) is 11.8 Å². The molecule has 2 aromatic carbocycles. The Morgan fingerprint density at radius 3 is 2.26 bits per heavy atom. The maximum absolute atomic E-state index is 11.3. The quantitative estimate of drug-likeness (QED) is 0.569. The molecule has 98 valence electrons. The zero-order chi connectivity index (χ0) is 13.8. The molecule has 0 atom stereocenters. The molecule has 0 N–H and O–H groups in total. The van der Waals surface area contributed by atoms with Crippen LogP contribution in [-0.2, 0) is 0 Å². The number of halogens is 1. The second kappa shape index (κ2) is 6.26. The summed E-state index contributed by atoms with van der Waals surface area (Å²) in [7, 11) is 0. The van der Waals surface area contributed by atoms with Crippen molar-refractivity contribution in [2.45, 2.75) is 11.8 Å². The third kappa shape index (κ3) is 3.61. The number of ketones is 1. The number of thioether (sulfide) groups is 1. The van der Waals surface area contributed by atoms with Crippen LogP contribution in [0.2, 0.25) is 0 Å². The lowest BCUT2D eigenvalue weighted by Crippen LogP contribution is -1.94. The molecule has 0 saturated heterocycles. The first-order valence-electron chi connectivity index (χ1n) is 5.72. The zero-order valence-corrected chi connectivity index (χ0v) is 13.0. The molecule has 0 radical (unpaired) electrons. The van der Waals surface area contributed by atoms with Gasteiger partial charge in [0.2, 0.25) is 0 Å². The highest BCUT2D eigenvalue weighted by atomic mass is 79.9. The van der Waals surface area contributed by atoms with E-state index in [1.165, 1.54) is 4.90 Å². The second-order valence-corrected chi connectivity index (χ2v) is 5.71. The Kier molecular flexibility index (Phi) is 4.66. The Bertz CT molecular complexity index is 594. The van der Waals surface area contributed by atoms with Crippen molar-refractivity contribution in [2.75, 3.05) is 6.26 Å². The molecular weight excluding hydrogens is 324 g/mol. The monoisotopic (exact) mass is 336 g/mol. The minimum absolute atomic E-state index is 0.0303. The van der Waals surface area contributed by atoms with E-state index < -0.39 is 0 Å². The number of Topliss-reactive ketones (excluding diaryl/α,β-unsaturated/α-hetero) is 1. The van der Waals surface area contributed by atoms with E-state index in [0.29, 0.717) is 11.3 Å². The number of ether oxygens (including phenoxy) is 1. The molecule has 0 heterocycles. The van der Waals surface area contributed by atoms with Gasteiger partial charge in [-0.2, -0.15) is 0 Å². The van der Waals surface area contributed by atoms with Crippen molar-refractivity contribution in [1.82, 2.24) is 0 Å². The summed E-state index contributed by atoms with van der Waals surface area (Å²) in [5, 5.41) is 0. The van der Waals surface area contributed by atoms with Crippen molar-refractivity contribution in [1.29, 1.82) is 0 Å². The number of carbonyl (C=O) groups excluding carboxylic acids is 1. The molecule has 0 bridgehead atoms. The molecule has 0 spiro atoms. The molecule has 2 nitrogen and oxygen atoms in total. The van der Waals surface area contributed by atoms with Crippen molar-refractivity contribution < 1.29 is 9.53 Å². The highest BCUT2D eigenvalue weighted by molar-refractivity contribution is 9.10. The maximum Gasteiger partial charge on any atom is 0.160 e. The molecule has 0 aliphatic heterocycles. The summed E-state index contributed by atoms with van der Waals surface area (Å²) in [6.45, 7) is 1.54. The van der Waals surface area contributed by atoms with Gasteiger partial charge in [-0.05, 0) is 71.6 Å². The average molecular weight is 337 g/mol. The number of rotatable bonds is 4. The number of carbonyl (C=O) groups is 1. The number of hydrogen-bond donors (Lipinski definition) is 0. The lowest BCUT2D eigenvalue weighted by Gasteiger charge is -2.08. The summed E-state index contributed by atoms with van der Waals surface area (Å²) in [4.78, 5) is 12.5. The van der Waals surface area contributed by atoms with Crippen LogP contribution in [0.25, 0.3) is 0 Å². The van der Waals surface area contributed by atoms with Crippen LogP contribution >= 0.6 is 27.7 Å². The van der Waals surface area contributed by atoms with Gasteiger partial charge in [0.25, 0.3) is 0 Å². The Hall–Kier alpha value is -1.26. The molecule has 0 amide bonds. The largest absolute Gasteiger partial charge is 0.457 e. The van der Waals surface area contributed by atoms with Crippen LogP contribution in [0.15, 0.2) is 51.8 Å². The van der Waals surface area contributed by atoms with E-state index in [2.05, 4.69) is 15.9 Å². The molecule has 0 aliphatic carbocycles. The Balaban J connectivity index is 2.18. The summed E-state index contributed by atoms with van der Waals surface area (Å²) in [6, 6.07) is 13.2. The summed E-state index contributed by atoms with van der Waals surface area (Å²) < 4.78 is 6.49. The molecule has 0 aliphatic rings. The van der Waals surface area contributed by atoms with Crippen molar-refractivity contribution in [2.24, 2.45) is 0 Å². The average Bonchev–Trinajstić information content (AvgIpc) is 2.39. The Morgan fingerprint density at radius 2 is 1.74 bits per heavy atom. The molecule has 0 saturated carbocycles. The first-order chi connectivity index (χ1) is 9.10. The Morgan fingerprint density at radius 1 is 1.11 bits per heavy atom. The van der Waals surface area contributed by atoms with Gasteiger partial charge in [-0.3, -0.25) is 4.79 Å². The van der Waals surface area contributed by atoms with Crippen LogP contribution in [0, 0.1) is 0 Å². The first kappa shape index (κ1) is 14.2. The number of benzene rings is 2. The maximum atomic E-state index is 11.3. The Labute approximate surface area is 125 Å². The summed E-state index contributed by atoms with van der Waals surface area (Å²) >= 11 is 5.07. The van der Waals surface area contributed by atoms with Crippen molar-refractivity contribution in [3.8, 4) is 11.5 Å². The fourth-order valence-corrected chi connectivity index (χ4v) is 2.67. The van der Waals surface area contributed by atoms with Crippen LogP contribution in [0.4, 0.5) is 0 Å². The van der Waals surface area contributed by atoms with Gasteiger partial charge < -0.3 is 4.74 Å². The molecule has 19 heavy (non-hydrogen) atoms. The summed E-state index contributed by atoms with van der Waals surface area (Å²) in [5.41, 5.74) is 0.657. The van der Waals surface area contributed by atoms with E-state index in [4.69, 9.17) is 4.74 Å². The molecular formula is C15H13BrO2S. The highest BCUT2D eigenvalue weighted by Crippen LogP contribution is 2.28. The van der Waals surface area contributed by atoms with Gasteiger partial charge in [0.1, 0.15) is 11.5 Å². The molecule has 2 rings (SSSR count). The van der Waals surface area contributed by atoms with Gasteiger partial charge in [0.05, 0.1) is 0 Å². The van der Waals surface area contributed by atoms with Crippen LogP contribution < -0.4 is 4.74 Å². The van der Waals surface area contributed by atoms with E-state index >= 15 is 0 Å². The molecule has 0 aromatic heterocycles. The van der Waals surface area contributed by atoms with Crippen LogP contribution in [0.1, 0.15) is 17.3 Å². The van der Waals surface area contributed by atoms with E-state index in [0.717, 1.165) is 10.2 Å². The van der Waals surface area contributed by atoms with Gasteiger partial charge in [0.15, 0.2) is 5.78 Å². The standard InChI is InChI=1S/C15H13BrO2S/c1-10(17)14-8-5-12(9-15(14)16)18-11-3-6-13(19-2)7-4-11/h3-9H,1-2H3. The minimum atomic E-state index is 0.0303. The SMILES string of the molecule is CSc1ccc(Oc2ccc(C(C)=O)c(Br)c2)cc1. The second-order valence-electron chi connectivity index (χ2n) is 3.98. The van der Waals surface area contributed by atoms with Gasteiger partial charge in [0, 0.05) is 14.9 Å². The van der Waals surface area contributed by atoms with Gasteiger partial charge >= 0.3 is 0 Å². The van der Waals surface area contributed by atoms with Crippen LogP contribution in [0.5, 0.6) is 11.5 Å². The number of hydrogen-bond acceptors (Lipinski definition) is 3. The van der Waals surface area contributed by atoms with Crippen molar-refractivity contribution >= 4 is 33.5 Å². The van der Waals surface area contributed by atoms with Crippen molar-refractivity contribution in [3.63, 3.8) is 0 Å². The molecule has 0 unspecified atom stereocenters. The van der Waals surface area contributed by atoms with Gasteiger partial charge in [-0.25, -0.2) is 0 Å². The lowest BCUT2D eigenvalue weighted by atomic mass is 10.1. The predicted octanol–water partition coefficient (Wildman–Crippen LogP) is 5.17. The minimum Gasteiger partial charge on any atom is -0.457 e. The zero-order valence-electron chi connectivity index (χ0n) is 10.6. The van der Waals surface area contributed by atoms with Gasteiger partial charge in [-0.1, -0.05) is 0 Å². The van der Waals surface area contributed by atoms with E-state index in [1.54, 1.807) is 36.9 Å². The van der Waals surface area contributed by atoms with Crippen LogP contribution in [0.3, 0.4) is 0 Å². The molecule has 4 heteroatoms. The third-order valence-corrected chi connectivity index (χ3v) is 4.01. The normalized spacial score (nSPS) is 10.3. The van der Waals surface area contributed by atoms with Crippen LogP contribution in [-0.4, -0.2) is 12.0 Å². The summed E-state index contributed by atoms with van der Waals surface area (Å²) in [5.74, 6) is 1.51. The smallest absolute Gasteiger partial charge is 0.160 e. The first-order valence-corrected chi connectivity index (χ1v) is 7.74. The summed E-state index contributed by atoms with van der Waals surface area (Å²) in [6.07, 6.45) is 2.04. The topological polar surface area (TPSA) is 26.3 Å². The predicted molar refractivity (Wildman–Crippen MR) is 82.4 cm³/mol. The van der Waals surface area contributed by atoms with E-state index in [-0.39, 0.29) is 5.78 Å². The molecule has 0 fully saturated rings. The van der Waals surface area contributed by atoms with Crippen molar-refractivity contribution in [3.05, 3.63) is 52.5 Å². The molecule has 2 aromatic rings. The highest BCUT2D eigenvalue weighted by Gasteiger charge is 2.07. The fourth-order valence-electron chi connectivity index (χ4n) is 1.62. The van der Waals surface area contributed by atoms with E-state index in [1.807, 2.05) is 30.5 Å². The van der Waals surface area contributed by atoms with E-state index in [9.17, 15) is 4.79 Å².